The van der Waals surface area contributed by atoms with Crippen LogP contribution in [-0.2, 0) is 20.8 Å². The number of nitrogens with one attached hydrogen (secondary N) is 1. The molecule has 8 heteroatoms. The molecule has 0 spiro atoms. The van der Waals surface area contributed by atoms with Crippen molar-refractivity contribution in [2.45, 2.75) is 38.3 Å². The highest BCUT2D eigenvalue weighted by atomic mass is 16.6. The van der Waals surface area contributed by atoms with Crippen LogP contribution in [0, 0.1) is 5.41 Å². The number of esters is 1. The molecule has 1 saturated carbocycles. The van der Waals surface area contributed by atoms with E-state index in [1.165, 1.54) is 0 Å². The first-order chi connectivity index (χ1) is 16.5. The van der Waals surface area contributed by atoms with Crippen LogP contribution in [0.1, 0.15) is 41.6 Å². The topological polar surface area (TPSA) is 92.3 Å². The number of amides is 1. The van der Waals surface area contributed by atoms with Gasteiger partial charge in [0.2, 0.25) is 5.75 Å². The van der Waals surface area contributed by atoms with Crippen molar-refractivity contribution in [1.29, 1.82) is 0 Å². The summed E-state index contributed by atoms with van der Waals surface area (Å²) in [5.74, 6) is 1.21. The minimum Gasteiger partial charge on any atom is -0.493 e. The van der Waals surface area contributed by atoms with E-state index in [-0.39, 0.29) is 24.6 Å². The summed E-state index contributed by atoms with van der Waals surface area (Å²) in [6.45, 7) is 1.74. The third kappa shape index (κ3) is 3.96. The highest BCUT2D eigenvalue weighted by Crippen LogP contribution is 2.48. The third-order valence-electron chi connectivity index (χ3n) is 7.00. The van der Waals surface area contributed by atoms with Crippen LogP contribution in [-0.4, -0.2) is 52.0 Å². The van der Waals surface area contributed by atoms with Crippen LogP contribution in [0.2, 0.25) is 0 Å². The molecule has 34 heavy (non-hydrogen) atoms. The van der Waals surface area contributed by atoms with E-state index in [1.54, 1.807) is 14.2 Å². The van der Waals surface area contributed by atoms with Gasteiger partial charge in [0.1, 0.15) is 18.1 Å². The zero-order valence-electron chi connectivity index (χ0n) is 19.5. The molecule has 2 aromatic carbocycles. The first kappa shape index (κ1) is 22.5. The Balaban J connectivity index is 1.45. The summed E-state index contributed by atoms with van der Waals surface area (Å²) >= 11 is 0. The molecule has 1 N–H and O–H groups in total. The summed E-state index contributed by atoms with van der Waals surface area (Å²) in [6, 6.07) is 9.43. The number of fused-ring (bicyclic) bond motifs is 1. The van der Waals surface area contributed by atoms with Crippen LogP contribution in [0.25, 0.3) is 11.1 Å². The van der Waals surface area contributed by atoms with Crippen molar-refractivity contribution in [3.8, 4) is 28.4 Å². The van der Waals surface area contributed by atoms with Crippen molar-refractivity contribution in [3.05, 3.63) is 41.5 Å². The summed E-state index contributed by atoms with van der Waals surface area (Å²) in [7, 11) is 3.13. The Kier molecular flexibility index (Phi) is 6.08. The molecule has 3 aliphatic rings. The van der Waals surface area contributed by atoms with E-state index in [1.807, 2.05) is 30.3 Å². The number of rotatable bonds is 8. The van der Waals surface area contributed by atoms with Gasteiger partial charge in [-0.3, -0.25) is 9.59 Å². The standard InChI is InChI=1S/C26H29NO7/c1-30-21-7-6-19(16-4-5-20-17(12-16)13-27-24(20)28)22(23(21)31-2)33-15-26(9-3-10-26)25(29)34-18-8-11-32-14-18/h4-7,12,18H,3,8-11,13-15H2,1-2H3,(H,27,28). The van der Waals surface area contributed by atoms with Crippen LogP contribution in [0.4, 0.5) is 0 Å². The van der Waals surface area contributed by atoms with Gasteiger partial charge < -0.3 is 29.0 Å². The molecular formula is C26H29NO7. The molecule has 2 heterocycles. The average Bonchev–Trinajstić information content (AvgIpc) is 3.47. The second-order valence-electron chi connectivity index (χ2n) is 9.05. The Morgan fingerprint density at radius 1 is 1.12 bits per heavy atom. The fraction of sp³-hybridized carbons (Fsp3) is 0.462. The summed E-state index contributed by atoms with van der Waals surface area (Å²) in [5, 5.41) is 2.85. The molecule has 2 aromatic rings. The molecule has 5 rings (SSSR count). The Hall–Kier alpha value is -3.26. The zero-order chi connectivity index (χ0) is 23.7. The summed E-state index contributed by atoms with van der Waals surface area (Å²) in [6.07, 6.45) is 2.93. The first-order valence-electron chi connectivity index (χ1n) is 11.6. The van der Waals surface area contributed by atoms with Crippen LogP contribution >= 0.6 is 0 Å². The second-order valence-corrected chi connectivity index (χ2v) is 9.05. The molecular weight excluding hydrogens is 438 g/mol. The van der Waals surface area contributed by atoms with Crippen molar-refractivity contribution < 1.29 is 33.3 Å². The van der Waals surface area contributed by atoms with E-state index >= 15 is 0 Å². The van der Waals surface area contributed by atoms with Gasteiger partial charge in [0, 0.05) is 24.1 Å². The van der Waals surface area contributed by atoms with E-state index in [9.17, 15) is 9.59 Å². The van der Waals surface area contributed by atoms with E-state index in [4.69, 9.17) is 23.7 Å². The molecule has 1 atom stereocenters. The van der Waals surface area contributed by atoms with Gasteiger partial charge in [0.15, 0.2) is 11.5 Å². The van der Waals surface area contributed by atoms with Crippen LogP contribution in [0.3, 0.4) is 0 Å². The van der Waals surface area contributed by atoms with E-state index in [0.717, 1.165) is 29.5 Å². The molecule has 0 bridgehead atoms. The van der Waals surface area contributed by atoms with Gasteiger partial charge in [-0.15, -0.1) is 0 Å². The Labute approximate surface area is 198 Å². The Bertz CT molecular complexity index is 1100. The number of carbonyl (C=O) groups is 2. The van der Waals surface area contributed by atoms with Gasteiger partial charge >= 0.3 is 5.97 Å². The van der Waals surface area contributed by atoms with E-state index in [2.05, 4.69) is 5.32 Å². The SMILES string of the molecule is COc1ccc(-c2ccc3c(c2)CNC3=O)c(OCC2(C(=O)OC3CCOC3)CCC2)c1OC. The molecule has 2 aliphatic heterocycles. The monoisotopic (exact) mass is 467 g/mol. The maximum atomic E-state index is 13.1. The first-order valence-corrected chi connectivity index (χ1v) is 11.6. The fourth-order valence-electron chi connectivity index (χ4n) is 4.77. The van der Waals surface area contributed by atoms with E-state index in [0.29, 0.717) is 55.4 Å². The van der Waals surface area contributed by atoms with Crippen LogP contribution in [0.15, 0.2) is 30.3 Å². The Morgan fingerprint density at radius 3 is 2.62 bits per heavy atom. The normalized spacial score (nSPS) is 20.2. The lowest BCUT2D eigenvalue weighted by Gasteiger charge is -2.39. The number of ether oxygens (including phenoxy) is 5. The average molecular weight is 468 g/mol. The predicted octanol–water partition coefficient (Wildman–Crippen LogP) is 3.50. The molecule has 2 fully saturated rings. The quantitative estimate of drug-likeness (QED) is 0.594. The third-order valence-corrected chi connectivity index (χ3v) is 7.00. The van der Waals surface area contributed by atoms with Crippen molar-refractivity contribution in [2.75, 3.05) is 34.0 Å². The van der Waals surface area contributed by atoms with Crippen molar-refractivity contribution in [3.63, 3.8) is 0 Å². The minimum absolute atomic E-state index is 0.0663. The summed E-state index contributed by atoms with van der Waals surface area (Å²) in [5.41, 5.74) is 2.62. The van der Waals surface area contributed by atoms with Gasteiger partial charge in [-0.05, 0) is 48.2 Å². The molecule has 1 unspecified atom stereocenters. The van der Waals surface area contributed by atoms with E-state index < -0.39 is 5.41 Å². The molecule has 0 aromatic heterocycles. The lowest BCUT2D eigenvalue weighted by atomic mass is 9.69. The maximum absolute atomic E-state index is 13.1. The van der Waals surface area contributed by atoms with Gasteiger partial charge in [0.05, 0.1) is 27.4 Å². The van der Waals surface area contributed by atoms with Gasteiger partial charge in [0.25, 0.3) is 5.91 Å². The number of methoxy groups -OCH3 is 2. The maximum Gasteiger partial charge on any atom is 0.315 e. The number of carbonyl (C=O) groups excluding carboxylic acids is 2. The zero-order valence-corrected chi connectivity index (χ0v) is 19.5. The molecule has 1 amide bonds. The van der Waals surface area contributed by atoms with Gasteiger partial charge in [-0.25, -0.2) is 0 Å². The molecule has 8 nitrogen and oxygen atoms in total. The van der Waals surface area contributed by atoms with Crippen molar-refractivity contribution in [1.82, 2.24) is 5.32 Å². The molecule has 180 valence electrons. The molecule has 1 saturated heterocycles. The van der Waals surface area contributed by atoms with Gasteiger partial charge in [-0.2, -0.15) is 0 Å². The number of benzene rings is 2. The second kappa shape index (κ2) is 9.18. The highest BCUT2D eigenvalue weighted by molar-refractivity contribution is 5.99. The lowest BCUT2D eigenvalue weighted by molar-refractivity contribution is -0.170. The Morgan fingerprint density at radius 2 is 1.94 bits per heavy atom. The molecule has 0 radical (unpaired) electrons. The van der Waals surface area contributed by atoms with Crippen molar-refractivity contribution in [2.24, 2.45) is 5.41 Å². The van der Waals surface area contributed by atoms with Crippen LogP contribution in [0.5, 0.6) is 17.2 Å². The largest absolute Gasteiger partial charge is 0.493 e. The summed E-state index contributed by atoms with van der Waals surface area (Å²) in [4.78, 5) is 25.0. The van der Waals surface area contributed by atoms with Gasteiger partial charge in [-0.1, -0.05) is 12.5 Å². The smallest absolute Gasteiger partial charge is 0.315 e. The fourth-order valence-corrected chi connectivity index (χ4v) is 4.77. The summed E-state index contributed by atoms with van der Waals surface area (Å²) < 4.78 is 28.6. The van der Waals surface area contributed by atoms with Crippen molar-refractivity contribution >= 4 is 11.9 Å². The minimum atomic E-state index is -0.678. The number of hydrogen-bond donors (Lipinski definition) is 1. The predicted molar refractivity (Wildman–Crippen MR) is 123 cm³/mol. The van der Waals surface area contributed by atoms with Crippen LogP contribution < -0.4 is 19.5 Å². The highest BCUT2D eigenvalue weighted by Gasteiger charge is 2.48. The lowest BCUT2D eigenvalue weighted by Crippen LogP contribution is -2.45. The molecule has 1 aliphatic carbocycles. The number of hydrogen-bond acceptors (Lipinski definition) is 7.